The van der Waals surface area contributed by atoms with Crippen molar-refractivity contribution in [2.75, 3.05) is 6.61 Å². The highest BCUT2D eigenvalue weighted by atomic mass is 35.5. The summed E-state index contributed by atoms with van der Waals surface area (Å²) in [5.74, 6) is -0.462. The topological polar surface area (TPSA) is 92.5 Å². The Morgan fingerprint density at radius 1 is 1.50 bits per heavy atom. The number of nitro benzene ring substituents is 1. The number of halogens is 1. The molecule has 1 aromatic carbocycles. The van der Waals surface area contributed by atoms with Crippen molar-refractivity contribution in [3.63, 3.8) is 0 Å². The van der Waals surface area contributed by atoms with Crippen molar-refractivity contribution in [2.45, 2.75) is 26.3 Å². The number of nitro groups is 1. The maximum absolute atomic E-state index is 12.2. The standard InChI is InChI=1S/C13H17ClN2O4/c1-8(2)11(5-6-17)15-13(18)10-7-9(14)3-4-12(10)16(19)20/h3-4,7-8,11,17H,5-6H2,1-2H3,(H,15,18). The van der Waals surface area contributed by atoms with E-state index < -0.39 is 10.8 Å². The summed E-state index contributed by atoms with van der Waals surface area (Å²) >= 11 is 5.78. The zero-order chi connectivity index (χ0) is 15.3. The van der Waals surface area contributed by atoms with Gasteiger partial charge in [0.1, 0.15) is 5.56 Å². The van der Waals surface area contributed by atoms with E-state index in [-0.39, 0.29) is 34.8 Å². The highest BCUT2D eigenvalue weighted by Crippen LogP contribution is 2.23. The normalized spacial score (nSPS) is 12.2. The van der Waals surface area contributed by atoms with Crippen LogP contribution in [0.25, 0.3) is 0 Å². The maximum atomic E-state index is 12.2. The molecular weight excluding hydrogens is 284 g/mol. The molecule has 0 radical (unpaired) electrons. The molecule has 0 spiro atoms. The summed E-state index contributed by atoms with van der Waals surface area (Å²) in [5.41, 5.74) is -0.371. The first-order chi connectivity index (χ1) is 9.36. The molecule has 0 aliphatic carbocycles. The minimum atomic E-state index is -0.623. The van der Waals surface area contributed by atoms with E-state index in [2.05, 4.69) is 5.32 Å². The lowest BCUT2D eigenvalue weighted by molar-refractivity contribution is -0.385. The molecule has 1 amide bonds. The van der Waals surface area contributed by atoms with Gasteiger partial charge in [-0.1, -0.05) is 25.4 Å². The molecule has 0 saturated heterocycles. The van der Waals surface area contributed by atoms with E-state index in [1.165, 1.54) is 18.2 Å². The molecule has 1 unspecified atom stereocenters. The van der Waals surface area contributed by atoms with Crippen LogP contribution in [0.1, 0.15) is 30.6 Å². The van der Waals surface area contributed by atoms with Crippen molar-refractivity contribution in [3.8, 4) is 0 Å². The quantitative estimate of drug-likeness (QED) is 0.623. The number of rotatable bonds is 6. The number of hydrogen-bond donors (Lipinski definition) is 2. The van der Waals surface area contributed by atoms with Gasteiger partial charge >= 0.3 is 0 Å². The number of hydrogen-bond acceptors (Lipinski definition) is 4. The van der Waals surface area contributed by atoms with Crippen molar-refractivity contribution in [2.24, 2.45) is 5.92 Å². The van der Waals surface area contributed by atoms with Gasteiger partial charge in [-0.15, -0.1) is 0 Å². The van der Waals surface area contributed by atoms with E-state index in [1.54, 1.807) is 0 Å². The Hall–Kier alpha value is -1.66. The van der Waals surface area contributed by atoms with Crippen LogP contribution >= 0.6 is 11.6 Å². The Balaban J connectivity index is 3.02. The van der Waals surface area contributed by atoms with E-state index in [0.717, 1.165) is 0 Å². The lowest BCUT2D eigenvalue weighted by atomic mass is 10.0. The first-order valence-electron chi connectivity index (χ1n) is 6.22. The number of nitrogens with one attached hydrogen (secondary N) is 1. The summed E-state index contributed by atoms with van der Waals surface area (Å²) in [7, 11) is 0. The first-order valence-corrected chi connectivity index (χ1v) is 6.60. The fourth-order valence-electron chi connectivity index (χ4n) is 1.81. The smallest absolute Gasteiger partial charge is 0.282 e. The molecule has 0 fully saturated rings. The van der Waals surface area contributed by atoms with Gasteiger partial charge in [-0.3, -0.25) is 14.9 Å². The summed E-state index contributed by atoms with van der Waals surface area (Å²) < 4.78 is 0. The first kappa shape index (κ1) is 16.4. The van der Waals surface area contributed by atoms with Gasteiger partial charge in [-0.2, -0.15) is 0 Å². The predicted molar refractivity (Wildman–Crippen MR) is 75.9 cm³/mol. The Labute approximate surface area is 121 Å². The largest absolute Gasteiger partial charge is 0.396 e. The molecule has 0 aromatic heterocycles. The van der Waals surface area contributed by atoms with Gasteiger partial charge in [0.05, 0.1) is 4.92 Å². The Morgan fingerprint density at radius 2 is 2.15 bits per heavy atom. The van der Waals surface area contributed by atoms with E-state index in [0.29, 0.717) is 6.42 Å². The third-order valence-corrected chi connectivity index (χ3v) is 3.20. The maximum Gasteiger partial charge on any atom is 0.282 e. The third kappa shape index (κ3) is 4.18. The number of amides is 1. The van der Waals surface area contributed by atoms with Crippen LogP contribution in [-0.4, -0.2) is 28.6 Å². The Morgan fingerprint density at radius 3 is 2.65 bits per heavy atom. The molecule has 0 saturated carbocycles. The zero-order valence-electron chi connectivity index (χ0n) is 11.3. The highest BCUT2D eigenvalue weighted by Gasteiger charge is 2.23. The van der Waals surface area contributed by atoms with E-state index in [9.17, 15) is 14.9 Å². The van der Waals surface area contributed by atoms with Crippen LogP contribution in [0.3, 0.4) is 0 Å². The van der Waals surface area contributed by atoms with Crippen LogP contribution in [0.5, 0.6) is 0 Å². The molecule has 0 heterocycles. The molecule has 0 aliphatic heterocycles. The molecule has 0 aliphatic rings. The molecule has 1 atom stereocenters. The number of nitrogens with zero attached hydrogens (tertiary/aromatic N) is 1. The van der Waals surface area contributed by atoms with E-state index in [1.807, 2.05) is 13.8 Å². The second kappa shape index (κ2) is 7.21. The Bertz CT molecular complexity index is 505. The zero-order valence-corrected chi connectivity index (χ0v) is 12.1. The molecule has 7 heteroatoms. The SMILES string of the molecule is CC(C)C(CCO)NC(=O)c1cc(Cl)ccc1[N+](=O)[O-]. The summed E-state index contributed by atoms with van der Waals surface area (Å²) in [6, 6.07) is 3.58. The molecule has 6 nitrogen and oxygen atoms in total. The van der Waals surface area contributed by atoms with Crippen LogP contribution in [-0.2, 0) is 0 Å². The summed E-state index contributed by atoms with van der Waals surface area (Å²) in [5, 5.41) is 22.8. The van der Waals surface area contributed by atoms with Crippen molar-refractivity contribution in [1.82, 2.24) is 5.32 Å². The fraction of sp³-hybridized carbons (Fsp3) is 0.462. The monoisotopic (exact) mass is 300 g/mol. The third-order valence-electron chi connectivity index (χ3n) is 2.96. The van der Waals surface area contributed by atoms with Gasteiger partial charge in [0.15, 0.2) is 0 Å². The molecule has 110 valence electrons. The molecule has 1 rings (SSSR count). The van der Waals surface area contributed by atoms with E-state index in [4.69, 9.17) is 16.7 Å². The van der Waals surface area contributed by atoms with Gasteiger partial charge < -0.3 is 10.4 Å². The number of carbonyl (C=O) groups excluding carboxylic acids is 1. The van der Waals surface area contributed by atoms with Crippen molar-refractivity contribution >= 4 is 23.2 Å². The van der Waals surface area contributed by atoms with Crippen LogP contribution in [0, 0.1) is 16.0 Å². The van der Waals surface area contributed by atoms with Gasteiger partial charge in [0.25, 0.3) is 11.6 Å². The van der Waals surface area contributed by atoms with Gasteiger partial charge in [0.2, 0.25) is 0 Å². The molecule has 0 bridgehead atoms. The second-order valence-electron chi connectivity index (χ2n) is 4.75. The van der Waals surface area contributed by atoms with Gasteiger partial charge in [0, 0.05) is 23.7 Å². The minimum Gasteiger partial charge on any atom is -0.396 e. The highest BCUT2D eigenvalue weighted by molar-refractivity contribution is 6.31. The van der Waals surface area contributed by atoms with Crippen LogP contribution in [0.2, 0.25) is 5.02 Å². The Kier molecular flexibility index (Phi) is 5.91. The van der Waals surface area contributed by atoms with Crippen molar-refractivity contribution in [3.05, 3.63) is 38.9 Å². The van der Waals surface area contributed by atoms with Crippen molar-refractivity contribution in [1.29, 1.82) is 0 Å². The van der Waals surface area contributed by atoms with Crippen LogP contribution in [0.15, 0.2) is 18.2 Å². The average Bonchev–Trinajstić information content (AvgIpc) is 2.37. The van der Waals surface area contributed by atoms with Crippen LogP contribution < -0.4 is 5.32 Å². The molecular formula is C13H17ClN2O4. The molecule has 2 N–H and O–H groups in total. The number of carbonyl (C=O) groups is 1. The lowest BCUT2D eigenvalue weighted by Gasteiger charge is -2.21. The molecule has 20 heavy (non-hydrogen) atoms. The summed E-state index contributed by atoms with van der Waals surface area (Å²) in [4.78, 5) is 22.5. The van der Waals surface area contributed by atoms with Crippen molar-refractivity contribution < 1.29 is 14.8 Å². The average molecular weight is 301 g/mol. The summed E-state index contributed by atoms with van der Waals surface area (Å²) in [6.07, 6.45) is 0.387. The number of aliphatic hydroxyl groups is 1. The molecule has 1 aromatic rings. The minimum absolute atomic E-state index is 0.0687. The van der Waals surface area contributed by atoms with E-state index >= 15 is 0 Å². The lowest BCUT2D eigenvalue weighted by Crippen LogP contribution is -2.39. The second-order valence-corrected chi connectivity index (χ2v) is 5.19. The number of aliphatic hydroxyl groups excluding tert-OH is 1. The number of benzene rings is 1. The van der Waals surface area contributed by atoms with Gasteiger partial charge in [-0.05, 0) is 24.5 Å². The fourth-order valence-corrected chi connectivity index (χ4v) is 1.98. The van der Waals surface area contributed by atoms with Crippen LogP contribution in [0.4, 0.5) is 5.69 Å². The summed E-state index contributed by atoms with van der Waals surface area (Å²) in [6.45, 7) is 3.72. The predicted octanol–water partition coefficient (Wildman–Crippen LogP) is 2.39. The van der Waals surface area contributed by atoms with Gasteiger partial charge in [-0.25, -0.2) is 0 Å².